The molecule has 0 spiro atoms. The molecule has 2 N–H and O–H groups in total. The molecule has 0 aliphatic heterocycles. The Morgan fingerprint density at radius 2 is 2.05 bits per heavy atom. The number of hydrogen-bond acceptors (Lipinski definition) is 4. The lowest BCUT2D eigenvalue weighted by Crippen LogP contribution is -2.10. The highest BCUT2D eigenvalue weighted by atomic mass is 35.5. The Kier molecular flexibility index (Phi) is 3.73. The minimum atomic E-state index is -3.69. The maximum atomic E-state index is 13.0. The van der Waals surface area contributed by atoms with Gasteiger partial charge in [0.1, 0.15) is 5.82 Å². The molecule has 19 heavy (non-hydrogen) atoms. The standard InChI is InChI=1S/C12H10ClFN2O2S/c13-9-6-8(3-4-10(9)14)7-19(17,18)12-11(15)2-1-5-16-12/h1-6H,7,15H2. The largest absolute Gasteiger partial charge is 0.396 e. The van der Waals surface area contributed by atoms with Gasteiger partial charge in [0.05, 0.1) is 16.5 Å². The first-order chi connectivity index (χ1) is 8.90. The van der Waals surface area contributed by atoms with E-state index in [1.165, 1.54) is 24.4 Å². The fourth-order valence-electron chi connectivity index (χ4n) is 1.58. The quantitative estimate of drug-likeness (QED) is 0.945. The summed E-state index contributed by atoms with van der Waals surface area (Å²) in [6, 6.07) is 6.75. The molecule has 1 aromatic heterocycles. The van der Waals surface area contributed by atoms with Crippen molar-refractivity contribution in [1.82, 2.24) is 4.98 Å². The molecule has 0 saturated heterocycles. The number of nitrogen functional groups attached to an aromatic ring is 1. The number of sulfone groups is 1. The number of benzene rings is 1. The summed E-state index contributed by atoms with van der Waals surface area (Å²) in [6.45, 7) is 0. The van der Waals surface area contributed by atoms with Crippen LogP contribution in [-0.4, -0.2) is 13.4 Å². The molecule has 2 aromatic rings. The molecule has 1 aromatic carbocycles. The summed E-state index contributed by atoms with van der Waals surface area (Å²) in [5.41, 5.74) is 6.04. The summed E-state index contributed by atoms with van der Waals surface area (Å²) in [6.07, 6.45) is 1.35. The topological polar surface area (TPSA) is 73.0 Å². The first-order valence-electron chi connectivity index (χ1n) is 5.27. The van der Waals surface area contributed by atoms with Gasteiger partial charge < -0.3 is 5.73 Å². The Bertz CT molecular complexity index is 719. The molecule has 100 valence electrons. The van der Waals surface area contributed by atoms with Crippen molar-refractivity contribution in [3.63, 3.8) is 0 Å². The average molecular weight is 301 g/mol. The Labute approximate surface area is 115 Å². The third-order valence-corrected chi connectivity index (χ3v) is 4.37. The van der Waals surface area contributed by atoms with Crippen LogP contribution in [0.25, 0.3) is 0 Å². The fraction of sp³-hybridized carbons (Fsp3) is 0.0833. The van der Waals surface area contributed by atoms with Gasteiger partial charge in [-0.2, -0.15) is 0 Å². The second-order valence-electron chi connectivity index (χ2n) is 3.91. The minimum absolute atomic E-state index is 0.0794. The highest BCUT2D eigenvalue weighted by molar-refractivity contribution is 7.90. The van der Waals surface area contributed by atoms with Gasteiger partial charge >= 0.3 is 0 Å². The second kappa shape index (κ2) is 5.14. The van der Waals surface area contributed by atoms with Gasteiger partial charge in [-0.15, -0.1) is 0 Å². The van der Waals surface area contributed by atoms with Crippen molar-refractivity contribution in [1.29, 1.82) is 0 Å². The van der Waals surface area contributed by atoms with Crippen molar-refractivity contribution in [2.24, 2.45) is 0 Å². The lowest BCUT2D eigenvalue weighted by Gasteiger charge is -2.06. The lowest BCUT2D eigenvalue weighted by molar-refractivity contribution is 0.591. The first kappa shape index (κ1) is 13.8. The smallest absolute Gasteiger partial charge is 0.201 e. The Morgan fingerprint density at radius 3 is 2.68 bits per heavy atom. The Hall–Kier alpha value is -1.66. The molecule has 0 amide bonds. The summed E-state index contributed by atoms with van der Waals surface area (Å²) in [7, 11) is -3.69. The number of pyridine rings is 1. The maximum absolute atomic E-state index is 13.0. The van der Waals surface area contributed by atoms with Crippen molar-refractivity contribution in [2.45, 2.75) is 10.8 Å². The van der Waals surface area contributed by atoms with E-state index in [1.807, 2.05) is 0 Å². The zero-order valence-electron chi connectivity index (χ0n) is 9.68. The van der Waals surface area contributed by atoms with Crippen molar-refractivity contribution in [3.8, 4) is 0 Å². The van der Waals surface area contributed by atoms with E-state index >= 15 is 0 Å². The van der Waals surface area contributed by atoms with Crippen molar-refractivity contribution in [2.75, 3.05) is 5.73 Å². The first-order valence-corrected chi connectivity index (χ1v) is 7.30. The molecule has 0 unspecified atom stereocenters. The number of anilines is 1. The van der Waals surface area contributed by atoms with E-state index in [4.69, 9.17) is 17.3 Å². The van der Waals surface area contributed by atoms with Crippen molar-refractivity contribution < 1.29 is 12.8 Å². The molecule has 4 nitrogen and oxygen atoms in total. The monoisotopic (exact) mass is 300 g/mol. The molecule has 2 rings (SSSR count). The zero-order valence-corrected chi connectivity index (χ0v) is 11.2. The number of aromatic nitrogens is 1. The summed E-state index contributed by atoms with van der Waals surface area (Å²) in [5, 5.41) is -0.308. The molecule has 0 atom stereocenters. The normalized spacial score (nSPS) is 11.5. The molecule has 0 aliphatic carbocycles. The lowest BCUT2D eigenvalue weighted by atomic mass is 10.2. The highest BCUT2D eigenvalue weighted by Crippen LogP contribution is 2.22. The molecule has 7 heteroatoms. The maximum Gasteiger partial charge on any atom is 0.201 e. The average Bonchev–Trinajstić information content (AvgIpc) is 2.34. The van der Waals surface area contributed by atoms with E-state index in [0.717, 1.165) is 6.07 Å². The van der Waals surface area contributed by atoms with Crippen LogP contribution in [0.1, 0.15) is 5.56 Å². The number of rotatable bonds is 3. The van der Waals surface area contributed by atoms with Crippen LogP contribution in [0.3, 0.4) is 0 Å². The minimum Gasteiger partial charge on any atom is -0.396 e. The molecule has 0 saturated carbocycles. The van der Waals surface area contributed by atoms with Crippen LogP contribution in [0.15, 0.2) is 41.6 Å². The number of nitrogens with zero attached hydrogens (tertiary/aromatic N) is 1. The van der Waals surface area contributed by atoms with Gasteiger partial charge in [0.25, 0.3) is 0 Å². The number of nitrogens with two attached hydrogens (primary N) is 1. The van der Waals surface area contributed by atoms with E-state index < -0.39 is 15.7 Å². The van der Waals surface area contributed by atoms with Gasteiger partial charge in [-0.1, -0.05) is 17.7 Å². The van der Waals surface area contributed by atoms with Crippen LogP contribution in [0.5, 0.6) is 0 Å². The predicted octanol–water partition coefficient (Wildman–Crippen LogP) is 2.43. The Balaban J connectivity index is 2.37. The van der Waals surface area contributed by atoms with Crippen LogP contribution in [-0.2, 0) is 15.6 Å². The van der Waals surface area contributed by atoms with E-state index in [-0.39, 0.29) is 21.5 Å². The Morgan fingerprint density at radius 1 is 1.32 bits per heavy atom. The summed E-state index contributed by atoms with van der Waals surface area (Å²) in [4.78, 5) is 3.77. The van der Waals surface area contributed by atoms with E-state index in [1.54, 1.807) is 6.07 Å². The van der Waals surface area contributed by atoms with Crippen LogP contribution < -0.4 is 5.73 Å². The molecule has 0 bridgehead atoms. The van der Waals surface area contributed by atoms with E-state index in [2.05, 4.69) is 4.98 Å². The van der Waals surface area contributed by atoms with Crippen molar-refractivity contribution >= 4 is 27.1 Å². The highest BCUT2D eigenvalue weighted by Gasteiger charge is 2.20. The molecule has 0 aliphatic rings. The van der Waals surface area contributed by atoms with Gasteiger partial charge in [0.2, 0.25) is 9.84 Å². The van der Waals surface area contributed by atoms with Gasteiger partial charge in [-0.25, -0.2) is 17.8 Å². The summed E-state index contributed by atoms with van der Waals surface area (Å²) in [5.74, 6) is -0.936. The zero-order chi connectivity index (χ0) is 14.0. The number of hydrogen-bond donors (Lipinski definition) is 1. The van der Waals surface area contributed by atoms with Crippen LogP contribution >= 0.6 is 11.6 Å². The van der Waals surface area contributed by atoms with E-state index in [9.17, 15) is 12.8 Å². The van der Waals surface area contributed by atoms with Gasteiger partial charge in [-0.05, 0) is 29.8 Å². The van der Waals surface area contributed by atoms with E-state index in [0.29, 0.717) is 5.56 Å². The SMILES string of the molecule is Nc1cccnc1S(=O)(=O)Cc1ccc(F)c(Cl)c1. The fourth-order valence-corrected chi connectivity index (χ4v) is 3.19. The van der Waals surface area contributed by atoms with Gasteiger partial charge in [0.15, 0.2) is 5.03 Å². The molecule has 1 heterocycles. The molecule has 0 radical (unpaired) electrons. The number of halogens is 2. The van der Waals surface area contributed by atoms with Crippen LogP contribution in [0, 0.1) is 5.82 Å². The molecular formula is C12H10ClFN2O2S. The summed E-state index contributed by atoms with van der Waals surface area (Å²) < 4.78 is 37.3. The van der Waals surface area contributed by atoms with Crippen molar-refractivity contribution in [3.05, 3.63) is 52.9 Å². The summed E-state index contributed by atoms with van der Waals surface area (Å²) >= 11 is 5.61. The predicted molar refractivity (Wildman–Crippen MR) is 70.9 cm³/mol. The van der Waals surface area contributed by atoms with Crippen LogP contribution in [0.2, 0.25) is 5.02 Å². The third-order valence-electron chi connectivity index (χ3n) is 2.44. The second-order valence-corrected chi connectivity index (χ2v) is 6.22. The van der Waals surface area contributed by atoms with Crippen LogP contribution in [0.4, 0.5) is 10.1 Å². The molecular weight excluding hydrogens is 291 g/mol. The van der Waals surface area contributed by atoms with Gasteiger partial charge in [-0.3, -0.25) is 0 Å². The third kappa shape index (κ3) is 3.02. The van der Waals surface area contributed by atoms with Gasteiger partial charge in [0, 0.05) is 6.20 Å². The molecule has 0 fully saturated rings.